The second-order valence-corrected chi connectivity index (χ2v) is 6.48. The molecule has 1 aromatic heterocycles. The van der Waals surface area contributed by atoms with Crippen molar-refractivity contribution in [2.24, 2.45) is 5.92 Å². The molecule has 2 nitrogen and oxygen atoms in total. The Morgan fingerprint density at radius 2 is 2.44 bits per heavy atom. The minimum absolute atomic E-state index is 0.0288. The van der Waals surface area contributed by atoms with E-state index < -0.39 is 0 Å². The second-order valence-electron chi connectivity index (χ2n) is 4.02. The lowest BCUT2D eigenvalue weighted by molar-refractivity contribution is 0.0661. The van der Waals surface area contributed by atoms with Crippen molar-refractivity contribution in [2.75, 3.05) is 19.8 Å². The van der Waals surface area contributed by atoms with E-state index in [1.807, 2.05) is 12.1 Å². The third kappa shape index (κ3) is 2.63. The average Bonchev–Trinajstić information content (AvgIpc) is 2.75. The van der Waals surface area contributed by atoms with Gasteiger partial charge < -0.3 is 4.90 Å². The summed E-state index contributed by atoms with van der Waals surface area (Å²) in [6, 6.07) is 3.69. The fourth-order valence-electron chi connectivity index (χ4n) is 1.96. The number of rotatable bonds is 2. The molecule has 0 spiro atoms. The van der Waals surface area contributed by atoms with Gasteiger partial charge in [0, 0.05) is 19.0 Å². The van der Waals surface area contributed by atoms with Gasteiger partial charge in [0.2, 0.25) is 0 Å². The molecule has 0 aliphatic carbocycles. The summed E-state index contributed by atoms with van der Waals surface area (Å²) in [5.74, 6) is 0.0648. The normalized spacial score (nSPS) is 21.1. The maximum atomic E-state index is 12.6. The van der Waals surface area contributed by atoms with E-state index in [0.29, 0.717) is 6.54 Å². The zero-order valence-electron chi connectivity index (χ0n) is 8.79. The summed E-state index contributed by atoms with van der Waals surface area (Å²) in [7, 11) is 0. The van der Waals surface area contributed by atoms with Crippen LogP contribution in [-0.2, 0) is 0 Å². The monoisotopic (exact) mass is 305 g/mol. The summed E-state index contributed by atoms with van der Waals surface area (Å²) >= 11 is 4.77. The van der Waals surface area contributed by atoms with E-state index in [9.17, 15) is 9.18 Å². The molecule has 88 valence electrons. The number of carbonyl (C=O) groups is 1. The predicted molar refractivity (Wildman–Crippen MR) is 66.6 cm³/mol. The van der Waals surface area contributed by atoms with Gasteiger partial charge in [-0.3, -0.25) is 9.18 Å². The Morgan fingerprint density at radius 3 is 3.06 bits per heavy atom. The van der Waals surface area contributed by atoms with Gasteiger partial charge in [0.25, 0.3) is 5.91 Å². The van der Waals surface area contributed by atoms with Crippen molar-refractivity contribution in [3.8, 4) is 0 Å². The molecule has 2 heterocycles. The van der Waals surface area contributed by atoms with Gasteiger partial charge in [0.05, 0.1) is 15.3 Å². The van der Waals surface area contributed by atoms with Crippen molar-refractivity contribution in [2.45, 2.75) is 12.8 Å². The maximum absolute atomic E-state index is 12.6. The molecular weight excluding hydrogens is 293 g/mol. The first-order valence-corrected chi connectivity index (χ1v) is 6.92. The van der Waals surface area contributed by atoms with Crippen LogP contribution in [0.5, 0.6) is 0 Å². The van der Waals surface area contributed by atoms with Crippen LogP contribution in [-0.4, -0.2) is 30.6 Å². The van der Waals surface area contributed by atoms with Crippen molar-refractivity contribution in [1.82, 2.24) is 4.90 Å². The number of likely N-dealkylation sites (tertiary alicyclic amines) is 1. The third-order valence-electron chi connectivity index (χ3n) is 2.81. The van der Waals surface area contributed by atoms with Crippen LogP contribution >= 0.6 is 27.3 Å². The molecule has 16 heavy (non-hydrogen) atoms. The number of nitrogens with zero attached hydrogens (tertiary/aromatic N) is 1. The molecule has 1 amide bonds. The fraction of sp³-hybridized carbons (Fsp3) is 0.545. The van der Waals surface area contributed by atoms with Crippen LogP contribution in [0.1, 0.15) is 22.5 Å². The average molecular weight is 306 g/mol. The SMILES string of the molecule is O=C(c1ccc(Br)s1)N1CCCC(CF)C1. The van der Waals surface area contributed by atoms with E-state index in [2.05, 4.69) is 15.9 Å². The number of alkyl halides is 1. The number of hydrogen-bond acceptors (Lipinski definition) is 2. The van der Waals surface area contributed by atoms with E-state index in [4.69, 9.17) is 0 Å². The molecule has 1 aliphatic heterocycles. The molecular formula is C11H13BrFNOS. The Bertz CT molecular complexity index is 382. The highest BCUT2D eigenvalue weighted by atomic mass is 79.9. The molecule has 1 fully saturated rings. The first-order chi connectivity index (χ1) is 7.70. The molecule has 0 aromatic carbocycles. The van der Waals surface area contributed by atoms with Gasteiger partial charge in [-0.05, 0) is 40.9 Å². The summed E-state index contributed by atoms with van der Waals surface area (Å²) < 4.78 is 13.5. The van der Waals surface area contributed by atoms with E-state index in [1.165, 1.54) is 11.3 Å². The molecule has 1 saturated heterocycles. The number of thiophene rings is 1. The minimum atomic E-state index is -0.322. The molecule has 5 heteroatoms. The zero-order valence-corrected chi connectivity index (χ0v) is 11.2. The summed E-state index contributed by atoms with van der Waals surface area (Å²) in [4.78, 5) is 14.6. The smallest absolute Gasteiger partial charge is 0.263 e. The van der Waals surface area contributed by atoms with Crippen molar-refractivity contribution in [3.05, 3.63) is 20.8 Å². The minimum Gasteiger partial charge on any atom is -0.338 e. The Morgan fingerprint density at radius 1 is 1.62 bits per heavy atom. The number of piperidine rings is 1. The largest absolute Gasteiger partial charge is 0.338 e. The highest BCUT2D eigenvalue weighted by molar-refractivity contribution is 9.11. The molecule has 1 aliphatic rings. The number of amides is 1. The zero-order chi connectivity index (χ0) is 11.5. The van der Waals surface area contributed by atoms with Gasteiger partial charge in [-0.15, -0.1) is 11.3 Å². The lowest BCUT2D eigenvalue weighted by atomic mass is 9.99. The van der Waals surface area contributed by atoms with Crippen LogP contribution in [0.2, 0.25) is 0 Å². The van der Waals surface area contributed by atoms with Crippen molar-refractivity contribution < 1.29 is 9.18 Å². The molecule has 1 atom stereocenters. The van der Waals surface area contributed by atoms with Crippen LogP contribution in [0.15, 0.2) is 15.9 Å². The molecule has 0 N–H and O–H groups in total. The van der Waals surface area contributed by atoms with Crippen LogP contribution in [0.4, 0.5) is 4.39 Å². The topological polar surface area (TPSA) is 20.3 Å². The summed E-state index contributed by atoms with van der Waals surface area (Å²) in [6.07, 6.45) is 1.81. The standard InChI is InChI=1S/C11H13BrFNOS/c12-10-4-3-9(16-10)11(15)14-5-1-2-8(6-13)7-14/h3-4,8H,1-2,5-7H2. The third-order valence-corrected chi connectivity index (χ3v) is 4.42. The summed E-state index contributed by atoms with van der Waals surface area (Å²) in [6.45, 7) is 0.994. The van der Waals surface area contributed by atoms with E-state index in [-0.39, 0.29) is 18.5 Å². The first-order valence-electron chi connectivity index (χ1n) is 5.31. The Balaban J connectivity index is 2.04. The van der Waals surface area contributed by atoms with E-state index in [0.717, 1.165) is 28.0 Å². The summed E-state index contributed by atoms with van der Waals surface area (Å²) in [5.41, 5.74) is 0. The van der Waals surface area contributed by atoms with Crippen molar-refractivity contribution in [3.63, 3.8) is 0 Å². The van der Waals surface area contributed by atoms with Gasteiger partial charge in [-0.25, -0.2) is 0 Å². The molecule has 0 radical (unpaired) electrons. The number of carbonyl (C=O) groups excluding carboxylic acids is 1. The highest BCUT2D eigenvalue weighted by Crippen LogP contribution is 2.25. The molecule has 2 rings (SSSR count). The quantitative estimate of drug-likeness (QED) is 0.821. The lowest BCUT2D eigenvalue weighted by Gasteiger charge is -2.31. The second kappa shape index (κ2) is 5.27. The van der Waals surface area contributed by atoms with Gasteiger partial charge in [0.15, 0.2) is 0 Å². The molecule has 0 saturated carbocycles. The van der Waals surface area contributed by atoms with E-state index >= 15 is 0 Å². The Hall–Kier alpha value is -0.420. The predicted octanol–water partition coefficient (Wildman–Crippen LogP) is 3.33. The van der Waals surface area contributed by atoms with Gasteiger partial charge in [-0.2, -0.15) is 0 Å². The van der Waals surface area contributed by atoms with Gasteiger partial charge >= 0.3 is 0 Å². The number of halogens is 2. The van der Waals surface area contributed by atoms with Gasteiger partial charge in [-0.1, -0.05) is 0 Å². The number of hydrogen-bond donors (Lipinski definition) is 0. The fourth-order valence-corrected chi connectivity index (χ4v) is 3.31. The van der Waals surface area contributed by atoms with Gasteiger partial charge in [0.1, 0.15) is 0 Å². The highest BCUT2D eigenvalue weighted by Gasteiger charge is 2.25. The van der Waals surface area contributed by atoms with Crippen LogP contribution in [0.25, 0.3) is 0 Å². The Labute approximate surface area is 107 Å². The van der Waals surface area contributed by atoms with Crippen molar-refractivity contribution >= 4 is 33.2 Å². The van der Waals surface area contributed by atoms with Crippen LogP contribution in [0.3, 0.4) is 0 Å². The van der Waals surface area contributed by atoms with Crippen molar-refractivity contribution in [1.29, 1.82) is 0 Å². The Kier molecular flexibility index (Phi) is 3.97. The van der Waals surface area contributed by atoms with Crippen LogP contribution < -0.4 is 0 Å². The molecule has 0 bridgehead atoms. The summed E-state index contributed by atoms with van der Waals surface area (Å²) in [5, 5.41) is 0. The van der Waals surface area contributed by atoms with E-state index in [1.54, 1.807) is 4.90 Å². The molecule has 1 aromatic rings. The van der Waals surface area contributed by atoms with Crippen LogP contribution in [0, 0.1) is 5.92 Å². The molecule has 1 unspecified atom stereocenters. The lowest BCUT2D eigenvalue weighted by Crippen LogP contribution is -2.40. The maximum Gasteiger partial charge on any atom is 0.263 e. The first kappa shape index (κ1) is 12.0.